The van der Waals surface area contributed by atoms with Gasteiger partial charge in [0, 0.05) is 24.5 Å². The quantitative estimate of drug-likeness (QED) is 0.352. The Balaban J connectivity index is 1.73. The summed E-state index contributed by atoms with van der Waals surface area (Å²) in [6.45, 7) is 3.77. The number of carbonyl (C=O) groups is 1. The van der Waals surface area contributed by atoms with Crippen LogP contribution in [0.25, 0.3) is 5.69 Å². The Kier molecular flexibility index (Phi) is 6.01. The predicted octanol–water partition coefficient (Wildman–Crippen LogP) is 4.86. The molecule has 1 heterocycles. The molecule has 1 atom stereocenters. The van der Waals surface area contributed by atoms with Crippen LogP contribution in [0.3, 0.4) is 0 Å². The Hall–Kier alpha value is -2.84. The summed E-state index contributed by atoms with van der Waals surface area (Å²) in [5.74, 6) is -0.278. The van der Waals surface area contributed by atoms with E-state index in [-0.39, 0.29) is 16.6 Å². The molecular formula is C19H17ClN4O3S. The first-order chi connectivity index (χ1) is 13.4. The zero-order valence-electron chi connectivity index (χ0n) is 15.1. The maximum Gasteiger partial charge on any atom is 0.271 e. The summed E-state index contributed by atoms with van der Waals surface area (Å²) in [5.41, 5.74) is 2.28. The van der Waals surface area contributed by atoms with E-state index in [1.54, 1.807) is 13.1 Å². The van der Waals surface area contributed by atoms with Crippen molar-refractivity contribution < 1.29 is 9.72 Å². The van der Waals surface area contributed by atoms with Gasteiger partial charge in [-0.05, 0) is 31.5 Å². The normalized spacial score (nSPS) is 11.8. The van der Waals surface area contributed by atoms with E-state index in [4.69, 9.17) is 11.6 Å². The number of para-hydroxylation sites is 1. The number of imidazole rings is 1. The van der Waals surface area contributed by atoms with Crippen LogP contribution in [0, 0.1) is 17.0 Å². The van der Waals surface area contributed by atoms with E-state index >= 15 is 0 Å². The summed E-state index contributed by atoms with van der Waals surface area (Å²) < 4.78 is 1.93. The molecule has 0 aliphatic rings. The average Bonchev–Trinajstić information content (AvgIpc) is 3.11. The van der Waals surface area contributed by atoms with Crippen molar-refractivity contribution in [1.29, 1.82) is 0 Å². The molecule has 9 heteroatoms. The Morgan fingerprint density at radius 1 is 1.32 bits per heavy atom. The first-order valence-electron chi connectivity index (χ1n) is 8.37. The molecule has 144 valence electrons. The molecule has 0 saturated heterocycles. The summed E-state index contributed by atoms with van der Waals surface area (Å²) in [6.07, 6.45) is 3.54. The fourth-order valence-electron chi connectivity index (χ4n) is 2.56. The van der Waals surface area contributed by atoms with Crippen molar-refractivity contribution in [2.45, 2.75) is 24.3 Å². The molecule has 28 heavy (non-hydrogen) atoms. The van der Waals surface area contributed by atoms with Crippen molar-refractivity contribution >= 4 is 40.6 Å². The smallest absolute Gasteiger partial charge is 0.271 e. The highest BCUT2D eigenvalue weighted by molar-refractivity contribution is 8.00. The van der Waals surface area contributed by atoms with Gasteiger partial charge in [0.05, 0.1) is 26.6 Å². The number of benzene rings is 2. The van der Waals surface area contributed by atoms with E-state index in [0.29, 0.717) is 10.8 Å². The van der Waals surface area contributed by atoms with Gasteiger partial charge < -0.3 is 5.32 Å². The third-order valence-electron chi connectivity index (χ3n) is 4.05. The van der Waals surface area contributed by atoms with Crippen LogP contribution < -0.4 is 5.32 Å². The van der Waals surface area contributed by atoms with E-state index in [1.807, 2.05) is 42.0 Å². The largest absolute Gasteiger partial charge is 0.324 e. The third kappa shape index (κ3) is 4.35. The lowest BCUT2D eigenvalue weighted by molar-refractivity contribution is -0.384. The predicted molar refractivity (Wildman–Crippen MR) is 110 cm³/mol. The highest BCUT2D eigenvalue weighted by atomic mass is 35.5. The molecule has 7 nitrogen and oxygen atoms in total. The standard InChI is InChI=1S/C19H17ClN4O3S/c1-12-5-3-4-6-17(12)23-10-9-21-19(23)28-13(2)18(25)22-16-8-7-14(24(26)27)11-15(16)20/h3-11,13H,1-2H3,(H,22,25). The maximum atomic E-state index is 12.6. The van der Waals surface area contributed by atoms with Gasteiger partial charge in [0.1, 0.15) is 0 Å². The lowest BCUT2D eigenvalue weighted by atomic mass is 10.2. The van der Waals surface area contributed by atoms with E-state index in [2.05, 4.69) is 10.3 Å². The summed E-state index contributed by atoms with van der Waals surface area (Å²) in [7, 11) is 0. The Morgan fingerprint density at radius 2 is 2.07 bits per heavy atom. The number of carbonyl (C=O) groups excluding carboxylic acids is 1. The van der Waals surface area contributed by atoms with E-state index in [9.17, 15) is 14.9 Å². The van der Waals surface area contributed by atoms with Crippen molar-refractivity contribution in [1.82, 2.24) is 9.55 Å². The number of anilines is 1. The number of aryl methyl sites for hydroxylation is 1. The van der Waals surface area contributed by atoms with Crippen LogP contribution in [0.15, 0.2) is 60.0 Å². The minimum absolute atomic E-state index is 0.112. The number of halogens is 1. The number of rotatable bonds is 6. The fraction of sp³-hybridized carbons (Fsp3) is 0.158. The molecule has 1 amide bonds. The lowest BCUT2D eigenvalue weighted by Gasteiger charge is -2.14. The van der Waals surface area contributed by atoms with Crippen molar-refractivity contribution in [2.24, 2.45) is 0 Å². The van der Waals surface area contributed by atoms with E-state index in [1.165, 1.54) is 30.0 Å². The highest BCUT2D eigenvalue weighted by Gasteiger charge is 2.20. The second kappa shape index (κ2) is 8.45. The lowest BCUT2D eigenvalue weighted by Crippen LogP contribution is -2.23. The van der Waals surface area contributed by atoms with Gasteiger partial charge in [-0.2, -0.15) is 0 Å². The molecule has 0 bridgehead atoms. The number of aromatic nitrogens is 2. The second-order valence-corrected chi connectivity index (χ2v) is 7.75. The van der Waals surface area contributed by atoms with Crippen LogP contribution >= 0.6 is 23.4 Å². The minimum Gasteiger partial charge on any atom is -0.324 e. The Bertz CT molecular complexity index is 1040. The number of hydrogen-bond acceptors (Lipinski definition) is 5. The van der Waals surface area contributed by atoms with Crippen LogP contribution in [0.4, 0.5) is 11.4 Å². The zero-order valence-corrected chi connectivity index (χ0v) is 16.7. The van der Waals surface area contributed by atoms with Crippen molar-refractivity contribution in [3.05, 3.63) is 75.6 Å². The Labute approximate surface area is 170 Å². The van der Waals surface area contributed by atoms with Crippen LogP contribution in [0.1, 0.15) is 12.5 Å². The molecule has 0 fully saturated rings. The first-order valence-corrected chi connectivity index (χ1v) is 9.63. The van der Waals surface area contributed by atoms with Gasteiger partial charge in [0.2, 0.25) is 5.91 Å². The molecule has 0 aliphatic heterocycles. The summed E-state index contributed by atoms with van der Waals surface area (Å²) in [5, 5.41) is 13.8. The molecule has 3 rings (SSSR count). The zero-order chi connectivity index (χ0) is 20.3. The number of hydrogen-bond donors (Lipinski definition) is 1. The number of nitro groups is 1. The number of nitrogens with one attached hydrogen (secondary N) is 1. The number of non-ortho nitro benzene ring substituents is 1. The molecule has 1 aromatic heterocycles. The highest BCUT2D eigenvalue weighted by Crippen LogP contribution is 2.29. The van der Waals surface area contributed by atoms with Crippen molar-refractivity contribution in [3.63, 3.8) is 0 Å². The molecule has 0 radical (unpaired) electrons. The SMILES string of the molecule is Cc1ccccc1-n1ccnc1SC(C)C(=O)Nc1ccc([N+](=O)[O-])cc1Cl. The topological polar surface area (TPSA) is 90.1 Å². The fourth-order valence-corrected chi connectivity index (χ4v) is 3.66. The van der Waals surface area contributed by atoms with E-state index in [0.717, 1.165) is 11.3 Å². The van der Waals surface area contributed by atoms with Crippen molar-refractivity contribution in [3.8, 4) is 5.69 Å². The molecule has 3 aromatic rings. The number of thioether (sulfide) groups is 1. The van der Waals surface area contributed by atoms with Crippen molar-refractivity contribution in [2.75, 3.05) is 5.32 Å². The monoisotopic (exact) mass is 416 g/mol. The van der Waals surface area contributed by atoms with Crippen LogP contribution in [0.5, 0.6) is 0 Å². The average molecular weight is 417 g/mol. The van der Waals surface area contributed by atoms with Crippen LogP contribution in [-0.2, 0) is 4.79 Å². The third-order valence-corrected chi connectivity index (χ3v) is 5.45. The van der Waals surface area contributed by atoms with Crippen LogP contribution in [0.2, 0.25) is 5.02 Å². The number of nitro benzene ring substituents is 1. The number of amides is 1. The van der Waals surface area contributed by atoms with Crippen LogP contribution in [-0.4, -0.2) is 25.6 Å². The first kappa shape index (κ1) is 19.9. The maximum absolute atomic E-state index is 12.6. The molecule has 0 aliphatic carbocycles. The summed E-state index contributed by atoms with van der Waals surface area (Å²) >= 11 is 7.36. The van der Waals surface area contributed by atoms with Gasteiger partial charge in [0.15, 0.2) is 5.16 Å². The number of nitrogens with zero attached hydrogens (tertiary/aromatic N) is 3. The summed E-state index contributed by atoms with van der Waals surface area (Å²) in [4.78, 5) is 27.2. The molecule has 2 aromatic carbocycles. The van der Waals surface area contributed by atoms with Gasteiger partial charge in [0.25, 0.3) is 5.69 Å². The molecule has 1 unspecified atom stereocenters. The second-order valence-electron chi connectivity index (χ2n) is 6.04. The molecule has 0 spiro atoms. The van der Waals surface area contributed by atoms with Gasteiger partial charge in [-0.15, -0.1) is 0 Å². The van der Waals surface area contributed by atoms with Gasteiger partial charge in [-0.25, -0.2) is 4.98 Å². The van der Waals surface area contributed by atoms with Gasteiger partial charge in [-0.3, -0.25) is 19.5 Å². The van der Waals surface area contributed by atoms with Gasteiger partial charge >= 0.3 is 0 Å². The molecule has 1 N–H and O–H groups in total. The van der Waals surface area contributed by atoms with E-state index < -0.39 is 10.2 Å². The summed E-state index contributed by atoms with van der Waals surface area (Å²) in [6, 6.07) is 11.8. The minimum atomic E-state index is -0.540. The van der Waals surface area contributed by atoms with Gasteiger partial charge in [-0.1, -0.05) is 41.6 Å². The molecular weight excluding hydrogens is 400 g/mol. The molecule has 0 saturated carbocycles. The Morgan fingerprint density at radius 3 is 2.75 bits per heavy atom.